The first-order valence-corrected chi connectivity index (χ1v) is 9.30. The molecule has 0 spiro atoms. The molecule has 0 aromatic heterocycles. The third-order valence-electron chi connectivity index (χ3n) is 4.61. The SMILES string of the molecule is COc1ccc(NC(=O)C[C@H]2C(=O)N(C)C(=S)N2Nc2c(F)c(F)c(F)c(F)c2F)cc1. The van der Waals surface area contributed by atoms with Gasteiger partial charge in [-0.05, 0) is 36.5 Å². The highest BCUT2D eigenvalue weighted by Gasteiger charge is 2.43. The summed E-state index contributed by atoms with van der Waals surface area (Å²) in [6, 6.07) is 4.82. The van der Waals surface area contributed by atoms with Crippen LogP contribution in [-0.4, -0.2) is 47.0 Å². The van der Waals surface area contributed by atoms with Crippen LogP contribution in [0.2, 0.25) is 0 Å². The molecule has 7 nitrogen and oxygen atoms in total. The molecule has 0 unspecified atom stereocenters. The number of carbonyl (C=O) groups excluding carboxylic acids is 2. The lowest BCUT2D eigenvalue weighted by molar-refractivity contribution is -0.129. The summed E-state index contributed by atoms with van der Waals surface area (Å²) in [6.45, 7) is 0. The van der Waals surface area contributed by atoms with E-state index < -0.39 is 59.1 Å². The zero-order chi connectivity index (χ0) is 23.7. The van der Waals surface area contributed by atoms with Crippen LogP contribution in [0, 0.1) is 29.1 Å². The van der Waals surface area contributed by atoms with Gasteiger partial charge in [-0.15, -0.1) is 0 Å². The Morgan fingerprint density at radius 2 is 1.56 bits per heavy atom. The van der Waals surface area contributed by atoms with E-state index in [2.05, 4.69) is 5.32 Å². The Kier molecular flexibility index (Phi) is 6.48. The second-order valence-corrected chi connectivity index (χ2v) is 6.97. The quantitative estimate of drug-likeness (QED) is 0.290. The third kappa shape index (κ3) is 4.15. The molecule has 1 heterocycles. The summed E-state index contributed by atoms with van der Waals surface area (Å²) in [5.41, 5.74) is 0.930. The second-order valence-electron chi connectivity index (χ2n) is 6.60. The number of carbonyl (C=O) groups is 2. The number of hydrazine groups is 1. The molecule has 1 saturated heterocycles. The Hall–Kier alpha value is -3.48. The standard InChI is InChI=1S/C19H15F5N4O3S/c1-27-18(30)10(7-11(29)25-8-3-5-9(31-2)6-4-8)28(19(27)32)26-17-15(23)13(21)12(20)14(22)16(17)24/h3-6,10,26H,7H2,1-2H3,(H,25,29)/t10-/m0/s1. The molecule has 170 valence electrons. The van der Waals surface area contributed by atoms with Crippen LogP contribution in [0.3, 0.4) is 0 Å². The van der Waals surface area contributed by atoms with Gasteiger partial charge in [0.25, 0.3) is 5.91 Å². The maximum absolute atomic E-state index is 14.1. The summed E-state index contributed by atoms with van der Waals surface area (Å²) >= 11 is 5.02. The average molecular weight is 474 g/mol. The minimum absolute atomic E-state index is 0.332. The number of ether oxygens (including phenoxy) is 1. The summed E-state index contributed by atoms with van der Waals surface area (Å²) in [5.74, 6) is -11.8. The molecule has 2 N–H and O–H groups in total. The molecule has 32 heavy (non-hydrogen) atoms. The predicted molar refractivity (Wildman–Crippen MR) is 107 cm³/mol. The normalized spacial score (nSPS) is 15.9. The maximum atomic E-state index is 14.1. The fourth-order valence-electron chi connectivity index (χ4n) is 2.91. The van der Waals surface area contributed by atoms with Gasteiger partial charge < -0.3 is 10.1 Å². The molecule has 1 aliphatic heterocycles. The maximum Gasteiger partial charge on any atom is 0.253 e. The van der Waals surface area contributed by atoms with Crippen LogP contribution >= 0.6 is 12.2 Å². The molecule has 1 fully saturated rings. The number of thiocarbonyl (C=S) groups is 1. The predicted octanol–water partition coefficient (Wildman–Crippen LogP) is 3.17. The number of halogens is 5. The van der Waals surface area contributed by atoms with Crippen molar-refractivity contribution in [3.05, 3.63) is 53.4 Å². The van der Waals surface area contributed by atoms with Crippen molar-refractivity contribution in [3.8, 4) is 5.75 Å². The molecule has 0 radical (unpaired) electrons. The molecule has 2 amide bonds. The lowest BCUT2D eigenvalue weighted by Crippen LogP contribution is -2.42. The Balaban J connectivity index is 1.84. The number of benzene rings is 2. The molecule has 0 aliphatic carbocycles. The summed E-state index contributed by atoms with van der Waals surface area (Å²) in [5, 5.41) is 2.89. The molecule has 0 saturated carbocycles. The fraction of sp³-hybridized carbons (Fsp3) is 0.211. The smallest absolute Gasteiger partial charge is 0.253 e. The van der Waals surface area contributed by atoms with Crippen LogP contribution in [0.1, 0.15) is 6.42 Å². The molecule has 1 atom stereocenters. The van der Waals surface area contributed by atoms with Crippen molar-refractivity contribution in [3.63, 3.8) is 0 Å². The highest BCUT2D eigenvalue weighted by Crippen LogP contribution is 2.30. The van der Waals surface area contributed by atoms with E-state index >= 15 is 0 Å². The van der Waals surface area contributed by atoms with Crippen molar-refractivity contribution in [1.29, 1.82) is 0 Å². The summed E-state index contributed by atoms with van der Waals surface area (Å²) in [4.78, 5) is 25.9. The summed E-state index contributed by atoms with van der Waals surface area (Å²) in [6.07, 6.45) is -0.544. The molecular formula is C19H15F5N4O3S. The lowest BCUT2D eigenvalue weighted by atomic mass is 10.2. The number of nitrogens with one attached hydrogen (secondary N) is 2. The zero-order valence-electron chi connectivity index (χ0n) is 16.5. The second kappa shape index (κ2) is 8.94. The first kappa shape index (κ1) is 23.2. The summed E-state index contributed by atoms with van der Waals surface area (Å²) < 4.78 is 73.5. The van der Waals surface area contributed by atoms with Crippen molar-refractivity contribution in [2.75, 3.05) is 24.9 Å². The van der Waals surface area contributed by atoms with Gasteiger partial charge in [0.15, 0.2) is 28.4 Å². The van der Waals surface area contributed by atoms with Crippen molar-refractivity contribution >= 4 is 40.5 Å². The molecule has 2 aromatic rings. The lowest BCUT2D eigenvalue weighted by Gasteiger charge is -2.25. The monoisotopic (exact) mass is 474 g/mol. The number of hydrogen-bond acceptors (Lipinski definition) is 5. The Morgan fingerprint density at radius 3 is 2.09 bits per heavy atom. The molecule has 0 bridgehead atoms. The van der Waals surface area contributed by atoms with E-state index in [0.29, 0.717) is 16.4 Å². The number of likely N-dealkylation sites (N-methyl/N-ethyl adjacent to an activating group) is 1. The van der Waals surface area contributed by atoms with Gasteiger partial charge in [-0.3, -0.25) is 19.9 Å². The van der Waals surface area contributed by atoms with E-state index in [0.717, 1.165) is 4.90 Å². The first-order chi connectivity index (χ1) is 15.1. The Bertz CT molecular complexity index is 1070. The van der Waals surface area contributed by atoms with Crippen molar-refractivity contribution in [2.24, 2.45) is 0 Å². The van der Waals surface area contributed by atoms with E-state index in [1.807, 2.05) is 5.43 Å². The molecule has 13 heteroatoms. The van der Waals surface area contributed by atoms with Crippen LogP contribution in [0.15, 0.2) is 24.3 Å². The Morgan fingerprint density at radius 1 is 1.03 bits per heavy atom. The first-order valence-electron chi connectivity index (χ1n) is 8.89. The van der Waals surface area contributed by atoms with Crippen molar-refractivity contribution in [1.82, 2.24) is 9.91 Å². The number of anilines is 2. The highest BCUT2D eigenvalue weighted by molar-refractivity contribution is 7.80. The van der Waals surface area contributed by atoms with Crippen LogP contribution in [0.25, 0.3) is 0 Å². The van der Waals surface area contributed by atoms with Crippen LogP contribution in [-0.2, 0) is 9.59 Å². The van der Waals surface area contributed by atoms with Gasteiger partial charge in [-0.25, -0.2) is 27.0 Å². The van der Waals surface area contributed by atoms with E-state index in [9.17, 15) is 31.5 Å². The van der Waals surface area contributed by atoms with Gasteiger partial charge >= 0.3 is 0 Å². The number of rotatable bonds is 6. The van der Waals surface area contributed by atoms with E-state index in [-0.39, 0.29) is 5.11 Å². The van der Waals surface area contributed by atoms with E-state index in [4.69, 9.17) is 17.0 Å². The Labute approximate surface area is 183 Å². The van der Waals surface area contributed by atoms with Gasteiger partial charge in [-0.2, -0.15) is 0 Å². The minimum Gasteiger partial charge on any atom is -0.497 e. The number of hydrogen-bond donors (Lipinski definition) is 2. The van der Waals surface area contributed by atoms with Crippen molar-refractivity contribution < 1.29 is 36.3 Å². The van der Waals surface area contributed by atoms with Gasteiger partial charge in [0, 0.05) is 12.7 Å². The fourth-order valence-corrected chi connectivity index (χ4v) is 3.18. The highest BCUT2D eigenvalue weighted by atomic mass is 32.1. The number of amides is 2. The number of methoxy groups -OCH3 is 1. The zero-order valence-corrected chi connectivity index (χ0v) is 17.3. The number of nitrogens with zero attached hydrogens (tertiary/aromatic N) is 2. The topological polar surface area (TPSA) is 73.9 Å². The third-order valence-corrected chi connectivity index (χ3v) is 5.09. The van der Waals surface area contributed by atoms with Crippen LogP contribution in [0.4, 0.5) is 33.3 Å². The molecule has 1 aliphatic rings. The average Bonchev–Trinajstić information content (AvgIpc) is 2.97. The van der Waals surface area contributed by atoms with Crippen LogP contribution < -0.4 is 15.5 Å². The van der Waals surface area contributed by atoms with Gasteiger partial charge in [0.1, 0.15) is 17.5 Å². The summed E-state index contributed by atoms with van der Waals surface area (Å²) in [7, 11) is 2.70. The molecule has 2 aromatic carbocycles. The molecular weight excluding hydrogens is 459 g/mol. The van der Waals surface area contributed by atoms with Gasteiger partial charge in [0.2, 0.25) is 11.7 Å². The van der Waals surface area contributed by atoms with Crippen molar-refractivity contribution in [2.45, 2.75) is 12.5 Å². The van der Waals surface area contributed by atoms with Crippen LogP contribution in [0.5, 0.6) is 5.75 Å². The van der Waals surface area contributed by atoms with E-state index in [1.54, 1.807) is 12.1 Å². The minimum atomic E-state index is -2.34. The van der Waals surface area contributed by atoms with Gasteiger partial charge in [-0.1, -0.05) is 0 Å². The van der Waals surface area contributed by atoms with E-state index in [1.165, 1.54) is 26.3 Å². The largest absolute Gasteiger partial charge is 0.497 e. The van der Waals surface area contributed by atoms with Gasteiger partial charge in [0.05, 0.1) is 13.5 Å². The molecule has 3 rings (SSSR count).